The van der Waals surface area contributed by atoms with E-state index in [-0.39, 0.29) is 4.90 Å². The number of nitrogens with one attached hydrogen (secondary N) is 2. The van der Waals surface area contributed by atoms with Crippen molar-refractivity contribution in [1.82, 2.24) is 14.9 Å². The number of benzene rings is 1. The summed E-state index contributed by atoms with van der Waals surface area (Å²) in [5, 5.41) is 7.21. The van der Waals surface area contributed by atoms with Gasteiger partial charge in [0.2, 0.25) is 10.0 Å². The van der Waals surface area contributed by atoms with Crippen LogP contribution in [0.1, 0.15) is 23.2 Å². The minimum atomic E-state index is -3.52. The van der Waals surface area contributed by atoms with Gasteiger partial charge in [-0.1, -0.05) is 17.7 Å². The molecule has 21 heavy (non-hydrogen) atoms. The molecule has 2 N–H and O–H groups in total. The lowest BCUT2D eigenvalue weighted by atomic mass is 10.1. The molecule has 0 saturated carbocycles. The van der Waals surface area contributed by atoms with Crippen LogP contribution in [0.4, 0.5) is 0 Å². The highest BCUT2D eigenvalue weighted by molar-refractivity contribution is 7.89. The summed E-state index contributed by atoms with van der Waals surface area (Å²) in [5.41, 5.74) is 2.80. The number of aromatic nitrogens is 2. The summed E-state index contributed by atoms with van der Waals surface area (Å²) in [6.45, 7) is 4.07. The molecule has 0 unspecified atom stereocenters. The van der Waals surface area contributed by atoms with Crippen LogP contribution < -0.4 is 4.72 Å². The lowest BCUT2D eigenvalue weighted by Gasteiger charge is -2.09. The Morgan fingerprint density at radius 1 is 1.33 bits per heavy atom. The molecule has 5 nitrogen and oxygen atoms in total. The van der Waals surface area contributed by atoms with Gasteiger partial charge in [-0.2, -0.15) is 5.10 Å². The highest BCUT2D eigenvalue weighted by Crippen LogP contribution is 2.20. The number of sulfonamides is 1. The zero-order chi connectivity index (χ0) is 15.5. The van der Waals surface area contributed by atoms with Gasteiger partial charge in [-0.05, 0) is 49.9 Å². The average molecular weight is 328 g/mol. The Labute approximate surface area is 129 Å². The summed E-state index contributed by atoms with van der Waals surface area (Å²) in [6, 6.07) is 4.85. The van der Waals surface area contributed by atoms with Crippen molar-refractivity contribution in [1.29, 1.82) is 0 Å². The van der Waals surface area contributed by atoms with Crippen LogP contribution in [0.3, 0.4) is 0 Å². The third kappa shape index (κ3) is 4.06. The normalized spacial score (nSPS) is 11.8. The van der Waals surface area contributed by atoms with Gasteiger partial charge in [0, 0.05) is 17.3 Å². The van der Waals surface area contributed by atoms with Gasteiger partial charge >= 0.3 is 0 Å². The number of aryl methyl sites for hydroxylation is 3. The van der Waals surface area contributed by atoms with Crippen LogP contribution in [0.25, 0.3) is 0 Å². The first-order valence-electron chi connectivity index (χ1n) is 6.65. The predicted molar refractivity (Wildman–Crippen MR) is 83.0 cm³/mol. The SMILES string of the molecule is Cc1ccc(Cl)cc1S(=O)(=O)NCCCc1cn[nH]c1C. The van der Waals surface area contributed by atoms with Gasteiger partial charge in [0.15, 0.2) is 0 Å². The topological polar surface area (TPSA) is 74.8 Å². The Morgan fingerprint density at radius 2 is 2.10 bits per heavy atom. The van der Waals surface area contributed by atoms with Gasteiger partial charge in [-0.25, -0.2) is 13.1 Å². The predicted octanol–water partition coefficient (Wildman–Crippen LogP) is 2.59. The summed E-state index contributed by atoms with van der Waals surface area (Å²) in [6.07, 6.45) is 3.25. The molecule has 114 valence electrons. The molecular weight excluding hydrogens is 310 g/mol. The van der Waals surface area contributed by atoms with E-state index < -0.39 is 10.0 Å². The maximum absolute atomic E-state index is 12.2. The van der Waals surface area contributed by atoms with Crippen LogP contribution in [0.15, 0.2) is 29.3 Å². The van der Waals surface area contributed by atoms with Crippen molar-refractivity contribution in [2.45, 2.75) is 31.6 Å². The van der Waals surface area contributed by atoms with Gasteiger partial charge in [0.25, 0.3) is 0 Å². The fourth-order valence-corrected chi connectivity index (χ4v) is 3.63. The molecule has 2 aromatic rings. The number of hydrogen-bond acceptors (Lipinski definition) is 3. The van der Waals surface area contributed by atoms with E-state index in [1.165, 1.54) is 6.07 Å². The second-order valence-corrected chi connectivity index (χ2v) is 7.10. The molecule has 7 heteroatoms. The number of rotatable bonds is 6. The van der Waals surface area contributed by atoms with Gasteiger partial charge in [0.1, 0.15) is 0 Å². The molecule has 0 atom stereocenters. The molecule has 0 fully saturated rings. The minimum absolute atomic E-state index is 0.231. The molecule has 0 aliphatic heterocycles. The molecule has 0 amide bonds. The molecule has 0 radical (unpaired) electrons. The first kappa shape index (κ1) is 16.0. The van der Waals surface area contributed by atoms with Crippen molar-refractivity contribution >= 4 is 21.6 Å². The van der Waals surface area contributed by atoms with E-state index in [4.69, 9.17) is 11.6 Å². The van der Waals surface area contributed by atoms with Crippen LogP contribution in [0.5, 0.6) is 0 Å². The number of aromatic amines is 1. The lowest BCUT2D eigenvalue weighted by Crippen LogP contribution is -2.25. The fraction of sp³-hybridized carbons (Fsp3) is 0.357. The highest BCUT2D eigenvalue weighted by Gasteiger charge is 2.16. The maximum atomic E-state index is 12.2. The Morgan fingerprint density at radius 3 is 2.76 bits per heavy atom. The zero-order valence-electron chi connectivity index (χ0n) is 12.0. The average Bonchev–Trinajstić information content (AvgIpc) is 2.83. The van der Waals surface area contributed by atoms with E-state index in [1.54, 1.807) is 25.3 Å². The second-order valence-electron chi connectivity index (χ2n) is 4.93. The van der Waals surface area contributed by atoms with E-state index in [1.807, 2.05) is 6.92 Å². The van der Waals surface area contributed by atoms with Gasteiger partial charge in [-0.3, -0.25) is 5.10 Å². The van der Waals surface area contributed by atoms with Crippen molar-refractivity contribution < 1.29 is 8.42 Å². The molecule has 0 saturated heterocycles. The zero-order valence-corrected chi connectivity index (χ0v) is 13.6. The van der Waals surface area contributed by atoms with Crippen LogP contribution in [-0.2, 0) is 16.4 Å². The van der Waals surface area contributed by atoms with Crippen molar-refractivity contribution in [2.24, 2.45) is 0 Å². The third-order valence-electron chi connectivity index (χ3n) is 3.29. The first-order chi connectivity index (χ1) is 9.90. The smallest absolute Gasteiger partial charge is 0.240 e. The van der Waals surface area contributed by atoms with E-state index in [2.05, 4.69) is 14.9 Å². The van der Waals surface area contributed by atoms with E-state index in [0.717, 1.165) is 17.7 Å². The van der Waals surface area contributed by atoms with Crippen molar-refractivity contribution in [3.05, 3.63) is 46.2 Å². The molecule has 0 bridgehead atoms. The Balaban J connectivity index is 1.95. The third-order valence-corrected chi connectivity index (χ3v) is 5.13. The van der Waals surface area contributed by atoms with Gasteiger partial charge in [0.05, 0.1) is 11.1 Å². The number of halogens is 1. The second kappa shape index (κ2) is 6.60. The summed E-state index contributed by atoms with van der Waals surface area (Å²) in [4.78, 5) is 0.231. The van der Waals surface area contributed by atoms with Gasteiger partial charge in [-0.15, -0.1) is 0 Å². The summed E-state index contributed by atoms with van der Waals surface area (Å²) >= 11 is 5.87. The quantitative estimate of drug-likeness (QED) is 0.801. The number of H-pyrrole nitrogens is 1. The van der Waals surface area contributed by atoms with E-state index >= 15 is 0 Å². The van der Waals surface area contributed by atoms with E-state index in [9.17, 15) is 8.42 Å². The minimum Gasteiger partial charge on any atom is -0.283 e. The molecule has 0 aliphatic rings. The first-order valence-corrected chi connectivity index (χ1v) is 8.51. The highest BCUT2D eigenvalue weighted by atomic mass is 35.5. The Kier molecular flexibility index (Phi) is 5.03. The maximum Gasteiger partial charge on any atom is 0.240 e. The number of hydrogen-bond donors (Lipinski definition) is 2. The molecule has 1 aromatic heterocycles. The van der Waals surface area contributed by atoms with Crippen LogP contribution >= 0.6 is 11.6 Å². The van der Waals surface area contributed by atoms with Crippen molar-refractivity contribution in [3.63, 3.8) is 0 Å². The standard InChI is InChI=1S/C14H18ClN3O2S/c1-10-5-6-13(15)8-14(10)21(19,20)17-7-3-4-12-9-16-18-11(12)2/h5-6,8-9,17H,3-4,7H2,1-2H3,(H,16,18). The monoisotopic (exact) mass is 327 g/mol. The summed E-state index contributed by atoms with van der Waals surface area (Å²) in [7, 11) is -3.52. The summed E-state index contributed by atoms with van der Waals surface area (Å²) in [5.74, 6) is 0. The van der Waals surface area contributed by atoms with E-state index in [0.29, 0.717) is 23.6 Å². The molecule has 0 aliphatic carbocycles. The number of nitrogens with zero attached hydrogens (tertiary/aromatic N) is 1. The fourth-order valence-electron chi connectivity index (χ4n) is 2.05. The molecule has 0 spiro atoms. The molecular formula is C14H18ClN3O2S. The van der Waals surface area contributed by atoms with Crippen LogP contribution in [0.2, 0.25) is 5.02 Å². The molecule has 2 rings (SSSR count). The van der Waals surface area contributed by atoms with Crippen LogP contribution in [-0.4, -0.2) is 25.2 Å². The lowest BCUT2D eigenvalue weighted by molar-refractivity contribution is 0.578. The van der Waals surface area contributed by atoms with Gasteiger partial charge < -0.3 is 0 Å². The molecule has 1 aromatic carbocycles. The van der Waals surface area contributed by atoms with Crippen LogP contribution in [0, 0.1) is 13.8 Å². The van der Waals surface area contributed by atoms with Crippen molar-refractivity contribution in [2.75, 3.05) is 6.54 Å². The Hall–Kier alpha value is -1.37. The van der Waals surface area contributed by atoms with Crippen molar-refractivity contribution in [3.8, 4) is 0 Å². The summed E-state index contributed by atoms with van der Waals surface area (Å²) < 4.78 is 27.1. The largest absolute Gasteiger partial charge is 0.283 e. The molecule has 1 heterocycles. The Bertz CT molecular complexity index is 726.